The molecule has 166 valence electrons. The number of rotatable bonds is 5. The first-order chi connectivity index (χ1) is 16.1. The van der Waals surface area contributed by atoms with Crippen LogP contribution in [0.5, 0.6) is 0 Å². The fourth-order valence-electron chi connectivity index (χ4n) is 4.08. The highest BCUT2D eigenvalue weighted by Crippen LogP contribution is 2.22. The minimum atomic E-state index is -0.489. The van der Waals surface area contributed by atoms with Crippen LogP contribution >= 0.6 is 0 Å². The van der Waals surface area contributed by atoms with Gasteiger partial charge in [-0.1, -0.05) is 30.3 Å². The van der Waals surface area contributed by atoms with Crippen LogP contribution in [0, 0.1) is 0 Å². The lowest BCUT2D eigenvalue weighted by molar-refractivity contribution is -0.116. The summed E-state index contributed by atoms with van der Waals surface area (Å²) in [6, 6.07) is 16.8. The molecule has 0 saturated carbocycles. The molecule has 2 aliphatic rings. The van der Waals surface area contributed by atoms with Crippen LogP contribution in [0.15, 0.2) is 67.0 Å². The number of piperazine rings is 1. The Labute approximate surface area is 190 Å². The van der Waals surface area contributed by atoms with Gasteiger partial charge in [0, 0.05) is 31.9 Å². The van der Waals surface area contributed by atoms with Crippen molar-refractivity contribution >= 4 is 35.0 Å². The van der Waals surface area contributed by atoms with Crippen LogP contribution in [0.25, 0.3) is 0 Å². The predicted octanol–water partition coefficient (Wildman–Crippen LogP) is 2.04. The number of anilines is 3. The van der Waals surface area contributed by atoms with Crippen LogP contribution in [0.2, 0.25) is 0 Å². The molecule has 0 aliphatic carbocycles. The molecule has 0 atom stereocenters. The second-order valence-electron chi connectivity index (χ2n) is 7.87. The van der Waals surface area contributed by atoms with Crippen molar-refractivity contribution in [1.29, 1.82) is 0 Å². The lowest BCUT2D eigenvalue weighted by Crippen LogP contribution is -2.47. The average molecular weight is 442 g/mol. The van der Waals surface area contributed by atoms with E-state index in [-0.39, 0.29) is 6.54 Å². The molecule has 0 unspecified atom stereocenters. The maximum absolute atomic E-state index is 12.4. The largest absolute Gasteiger partial charge is 0.368 e. The van der Waals surface area contributed by atoms with Crippen molar-refractivity contribution in [3.8, 4) is 0 Å². The van der Waals surface area contributed by atoms with E-state index >= 15 is 0 Å². The van der Waals surface area contributed by atoms with Crippen molar-refractivity contribution in [3.05, 3.63) is 78.1 Å². The van der Waals surface area contributed by atoms with Gasteiger partial charge in [-0.3, -0.25) is 19.3 Å². The van der Waals surface area contributed by atoms with Crippen molar-refractivity contribution in [1.82, 2.24) is 14.9 Å². The van der Waals surface area contributed by atoms with Crippen molar-refractivity contribution in [2.45, 2.75) is 0 Å². The number of fused-ring (bicyclic) bond motifs is 1. The highest BCUT2D eigenvalue weighted by atomic mass is 16.2. The third-order valence-corrected chi connectivity index (χ3v) is 5.79. The molecule has 0 radical (unpaired) electrons. The minimum Gasteiger partial charge on any atom is -0.368 e. The number of nitrogens with zero attached hydrogens (tertiary/aromatic N) is 5. The molecular weight excluding hydrogens is 420 g/mol. The van der Waals surface area contributed by atoms with E-state index in [9.17, 15) is 14.4 Å². The number of amides is 3. The van der Waals surface area contributed by atoms with E-state index in [1.54, 1.807) is 24.3 Å². The zero-order valence-electron chi connectivity index (χ0n) is 17.8. The highest BCUT2D eigenvalue weighted by molar-refractivity contribution is 6.22. The van der Waals surface area contributed by atoms with Gasteiger partial charge < -0.3 is 15.1 Å². The molecule has 9 heteroatoms. The van der Waals surface area contributed by atoms with Crippen molar-refractivity contribution in [2.24, 2.45) is 0 Å². The average Bonchev–Trinajstić information content (AvgIpc) is 3.10. The molecular formula is C24H22N6O3. The fourth-order valence-corrected chi connectivity index (χ4v) is 4.08. The van der Waals surface area contributed by atoms with Gasteiger partial charge in [0.1, 0.15) is 6.54 Å². The normalized spacial score (nSPS) is 15.6. The summed E-state index contributed by atoms with van der Waals surface area (Å²) in [6.45, 7) is 2.95. The molecule has 5 rings (SSSR count). The summed E-state index contributed by atoms with van der Waals surface area (Å²) in [4.78, 5) is 51.4. The Bertz CT molecular complexity index is 1160. The smallest absolute Gasteiger partial charge is 0.262 e. The summed E-state index contributed by atoms with van der Waals surface area (Å²) < 4.78 is 0. The van der Waals surface area contributed by atoms with Gasteiger partial charge in [-0.15, -0.1) is 0 Å². The van der Waals surface area contributed by atoms with E-state index < -0.39 is 17.7 Å². The number of hydrogen-bond acceptors (Lipinski definition) is 7. The van der Waals surface area contributed by atoms with Crippen molar-refractivity contribution in [3.63, 3.8) is 0 Å². The van der Waals surface area contributed by atoms with Crippen LogP contribution in [0.4, 0.5) is 17.3 Å². The first-order valence-corrected chi connectivity index (χ1v) is 10.7. The Hall–Kier alpha value is -4.27. The summed E-state index contributed by atoms with van der Waals surface area (Å²) in [5, 5.41) is 2.66. The van der Waals surface area contributed by atoms with Crippen LogP contribution in [-0.4, -0.2) is 65.3 Å². The SMILES string of the molecule is O=C(CN1C(=O)c2ccccc2C1=O)Nc1cnc(N2CCN(c3ccccc3)CC2)nc1. The molecule has 1 aromatic heterocycles. The first kappa shape index (κ1) is 20.6. The van der Waals surface area contributed by atoms with Gasteiger partial charge >= 0.3 is 0 Å². The number of carbonyl (C=O) groups is 3. The lowest BCUT2D eigenvalue weighted by Gasteiger charge is -2.36. The standard InChI is InChI=1S/C24H22N6O3/c31-21(16-30-22(32)19-8-4-5-9-20(19)23(30)33)27-17-14-25-24(26-15-17)29-12-10-28(11-13-29)18-6-2-1-3-7-18/h1-9,14-15H,10-13,16H2,(H,27,31). The van der Waals surface area contributed by atoms with Gasteiger partial charge in [-0.25, -0.2) is 9.97 Å². The number of benzene rings is 2. The van der Waals surface area contributed by atoms with Gasteiger partial charge in [0.15, 0.2) is 0 Å². The molecule has 3 heterocycles. The van der Waals surface area contributed by atoms with E-state index in [0.29, 0.717) is 22.8 Å². The third-order valence-electron chi connectivity index (χ3n) is 5.79. The molecule has 3 amide bonds. The molecule has 0 bridgehead atoms. The molecule has 1 N–H and O–H groups in total. The van der Waals surface area contributed by atoms with Gasteiger partial charge in [0.25, 0.3) is 11.8 Å². The van der Waals surface area contributed by atoms with Crippen molar-refractivity contribution < 1.29 is 14.4 Å². The first-order valence-electron chi connectivity index (χ1n) is 10.7. The summed E-state index contributed by atoms with van der Waals surface area (Å²) >= 11 is 0. The molecule has 33 heavy (non-hydrogen) atoms. The van der Waals surface area contributed by atoms with E-state index in [1.165, 1.54) is 18.1 Å². The van der Waals surface area contributed by atoms with Gasteiger partial charge in [0.05, 0.1) is 29.2 Å². The Morgan fingerprint density at radius 2 is 1.33 bits per heavy atom. The Kier molecular flexibility index (Phi) is 5.43. The van der Waals surface area contributed by atoms with Crippen LogP contribution in [-0.2, 0) is 4.79 Å². The summed E-state index contributed by atoms with van der Waals surface area (Å²) in [7, 11) is 0. The Morgan fingerprint density at radius 1 is 0.788 bits per heavy atom. The maximum Gasteiger partial charge on any atom is 0.262 e. The highest BCUT2D eigenvalue weighted by Gasteiger charge is 2.36. The molecule has 2 aromatic carbocycles. The van der Waals surface area contributed by atoms with E-state index in [4.69, 9.17) is 0 Å². The number of para-hydroxylation sites is 1. The minimum absolute atomic E-state index is 0.315. The second-order valence-corrected chi connectivity index (χ2v) is 7.87. The number of carbonyl (C=O) groups excluding carboxylic acids is 3. The summed E-state index contributed by atoms with van der Waals surface area (Å²) in [5.41, 5.74) is 2.24. The fraction of sp³-hybridized carbons (Fsp3) is 0.208. The van der Waals surface area contributed by atoms with E-state index in [0.717, 1.165) is 31.1 Å². The predicted molar refractivity (Wildman–Crippen MR) is 123 cm³/mol. The quantitative estimate of drug-likeness (QED) is 0.604. The molecule has 3 aromatic rings. The molecule has 9 nitrogen and oxygen atoms in total. The summed E-state index contributed by atoms with van der Waals surface area (Å²) in [5.74, 6) is -0.822. The van der Waals surface area contributed by atoms with Crippen LogP contribution < -0.4 is 15.1 Å². The number of imide groups is 1. The molecule has 2 aliphatic heterocycles. The van der Waals surface area contributed by atoms with Gasteiger partial charge in [0.2, 0.25) is 11.9 Å². The number of aromatic nitrogens is 2. The second kappa shape index (κ2) is 8.70. The van der Waals surface area contributed by atoms with E-state index in [1.807, 2.05) is 18.2 Å². The van der Waals surface area contributed by atoms with Crippen LogP contribution in [0.3, 0.4) is 0 Å². The molecule has 1 fully saturated rings. The maximum atomic E-state index is 12.4. The summed E-state index contributed by atoms with van der Waals surface area (Å²) in [6.07, 6.45) is 3.07. The Morgan fingerprint density at radius 3 is 1.94 bits per heavy atom. The van der Waals surface area contributed by atoms with Gasteiger partial charge in [-0.05, 0) is 24.3 Å². The van der Waals surface area contributed by atoms with Gasteiger partial charge in [-0.2, -0.15) is 0 Å². The molecule has 0 spiro atoms. The zero-order valence-corrected chi connectivity index (χ0v) is 17.8. The third kappa shape index (κ3) is 4.12. The van der Waals surface area contributed by atoms with Crippen molar-refractivity contribution in [2.75, 3.05) is 47.8 Å². The Balaban J connectivity index is 1.16. The van der Waals surface area contributed by atoms with E-state index in [2.05, 4.69) is 37.2 Å². The lowest BCUT2D eigenvalue weighted by atomic mass is 10.1. The topological polar surface area (TPSA) is 98.7 Å². The zero-order chi connectivity index (χ0) is 22.8. The monoisotopic (exact) mass is 442 g/mol. The number of nitrogens with one attached hydrogen (secondary N) is 1. The van der Waals surface area contributed by atoms with Crippen LogP contribution in [0.1, 0.15) is 20.7 Å². The molecule has 1 saturated heterocycles. The number of hydrogen-bond donors (Lipinski definition) is 1.